The fourth-order valence-corrected chi connectivity index (χ4v) is 3.48. The molecule has 0 saturated carbocycles. The Bertz CT molecular complexity index is 1040. The summed E-state index contributed by atoms with van der Waals surface area (Å²) in [5.41, 5.74) is 0.279. The van der Waals surface area contributed by atoms with Crippen molar-refractivity contribution in [3.05, 3.63) is 59.7 Å². The Morgan fingerprint density at radius 2 is 0.867 bits per heavy atom. The summed E-state index contributed by atoms with van der Waals surface area (Å²) in [6, 6.07) is 12.3. The van der Waals surface area contributed by atoms with Gasteiger partial charge in [0, 0.05) is 6.42 Å². The van der Waals surface area contributed by atoms with E-state index in [1.165, 1.54) is 24.3 Å². The van der Waals surface area contributed by atoms with Crippen LogP contribution in [0.1, 0.15) is 92.4 Å². The maximum absolute atomic E-state index is 12.0. The summed E-state index contributed by atoms with van der Waals surface area (Å²) in [6.45, 7) is 4.92. The van der Waals surface area contributed by atoms with Crippen molar-refractivity contribution >= 4 is 24.2 Å². The third kappa shape index (κ3) is 16.8. The molecule has 0 radical (unpaired) electrons. The number of rotatable bonds is 22. The predicted octanol–water partition coefficient (Wildman–Crippen LogP) is 7.01. The lowest BCUT2D eigenvalue weighted by atomic mass is 10.2. The molecule has 0 bridgehead atoms. The zero-order valence-corrected chi connectivity index (χ0v) is 25.5. The Kier molecular flexibility index (Phi) is 18.6. The van der Waals surface area contributed by atoms with E-state index in [1.54, 1.807) is 24.3 Å². The van der Waals surface area contributed by atoms with E-state index in [2.05, 4.69) is 52.9 Å². The minimum atomic E-state index is -1.31. The summed E-state index contributed by atoms with van der Waals surface area (Å²) in [6.07, 6.45) is 6.06. The molecule has 0 aromatic heterocycles. The molecule has 0 aliphatic rings. The van der Waals surface area contributed by atoms with Crippen LogP contribution in [-0.2, 0) is 39.1 Å². The molecule has 2 rings (SSSR count). The molecule has 0 spiro atoms. The molecular weight excluding hydrogens is 596 g/mol. The fraction of sp³-hybridized carbons (Fsp3) is 0.484. The molecule has 0 fully saturated rings. The van der Waals surface area contributed by atoms with Crippen LogP contribution < -0.4 is 9.47 Å². The zero-order valence-electron chi connectivity index (χ0n) is 25.5. The van der Waals surface area contributed by atoms with Gasteiger partial charge < -0.3 is 18.9 Å². The third-order valence-electron chi connectivity index (χ3n) is 5.87. The van der Waals surface area contributed by atoms with Crippen molar-refractivity contribution in [3.8, 4) is 11.5 Å². The van der Waals surface area contributed by atoms with Crippen LogP contribution in [0, 0.1) is 0 Å². The summed E-state index contributed by atoms with van der Waals surface area (Å²) < 4.78 is 20.5. The monoisotopic (exact) mass is 636 g/mol. The molecule has 0 amide bonds. The number of hydrogen-bond donors (Lipinski definition) is 0. The predicted molar refractivity (Wildman–Crippen MR) is 155 cm³/mol. The standard InChI is InChI=1S/C31H40O14/c1-3-5-7-9-20-36-26-16-12-24(13-17-26)28(32)40-44-42-30(34)38-22-11-23-39-31(35)43-45-41-29(33)25-14-18-27(19-15-25)37-21-10-8-6-4-2/h12-19H,3-11,20-23H2,1-2H3. The average Bonchev–Trinajstić information content (AvgIpc) is 3.05. The van der Waals surface area contributed by atoms with Crippen LogP contribution in [-0.4, -0.2) is 50.7 Å². The van der Waals surface area contributed by atoms with Gasteiger partial charge in [-0.1, -0.05) is 52.4 Å². The normalized spacial score (nSPS) is 10.4. The highest BCUT2D eigenvalue weighted by Crippen LogP contribution is 2.15. The summed E-state index contributed by atoms with van der Waals surface area (Å²) in [5, 5.41) is 8.29. The Morgan fingerprint density at radius 1 is 0.467 bits per heavy atom. The van der Waals surface area contributed by atoms with Crippen LogP contribution in [0.15, 0.2) is 48.5 Å². The number of benzene rings is 2. The van der Waals surface area contributed by atoms with Crippen molar-refractivity contribution < 1.29 is 67.8 Å². The van der Waals surface area contributed by atoms with Gasteiger partial charge in [0.15, 0.2) is 0 Å². The van der Waals surface area contributed by atoms with E-state index in [1.807, 2.05) is 0 Å². The third-order valence-corrected chi connectivity index (χ3v) is 5.87. The van der Waals surface area contributed by atoms with Crippen molar-refractivity contribution in [2.45, 2.75) is 71.6 Å². The molecule has 0 aliphatic heterocycles. The van der Waals surface area contributed by atoms with Crippen LogP contribution in [0.2, 0.25) is 0 Å². The molecule has 0 heterocycles. The minimum absolute atomic E-state index is 0.0316. The number of carbonyl (C=O) groups excluding carboxylic acids is 4. The van der Waals surface area contributed by atoms with Crippen molar-refractivity contribution in [2.75, 3.05) is 26.4 Å². The minimum Gasteiger partial charge on any atom is -0.494 e. The first kappa shape index (κ1) is 36.6. The van der Waals surface area contributed by atoms with Gasteiger partial charge in [-0.15, -0.1) is 0 Å². The summed E-state index contributed by atoms with van der Waals surface area (Å²) in [7, 11) is 0. The molecule has 2 aromatic rings. The second-order valence-electron chi connectivity index (χ2n) is 9.46. The fourth-order valence-electron chi connectivity index (χ4n) is 3.48. The maximum Gasteiger partial charge on any atom is 0.543 e. The van der Waals surface area contributed by atoms with Crippen molar-refractivity contribution in [3.63, 3.8) is 0 Å². The van der Waals surface area contributed by atoms with Crippen LogP contribution in [0.3, 0.4) is 0 Å². The molecule has 0 N–H and O–H groups in total. The smallest absolute Gasteiger partial charge is 0.494 e. The SMILES string of the molecule is CCCCCCOc1ccc(C(=O)OOOC(=O)OCCCOC(=O)OOOC(=O)c2ccc(OCCCCCC)cc2)cc1. The summed E-state index contributed by atoms with van der Waals surface area (Å²) >= 11 is 0. The molecule has 0 unspecified atom stereocenters. The Labute approximate surface area is 261 Å². The van der Waals surface area contributed by atoms with Crippen LogP contribution in [0.25, 0.3) is 0 Å². The van der Waals surface area contributed by atoms with E-state index < -0.39 is 24.2 Å². The Hall–Kier alpha value is -4.56. The van der Waals surface area contributed by atoms with Crippen molar-refractivity contribution in [2.24, 2.45) is 0 Å². The van der Waals surface area contributed by atoms with Gasteiger partial charge in [-0.25, -0.2) is 29.0 Å². The van der Waals surface area contributed by atoms with Crippen molar-refractivity contribution in [1.82, 2.24) is 0 Å². The highest BCUT2D eigenvalue weighted by molar-refractivity contribution is 5.89. The second-order valence-corrected chi connectivity index (χ2v) is 9.46. The van der Waals surface area contributed by atoms with Gasteiger partial charge in [-0.2, -0.15) is 0 Å². The number of hydrogen-bond acceptors (Lipinski definition) is 14. The molecule has 45 heavy (non-hydrogen) atoms. The Balaban J connectivity index is 1.48. The first-order chi connectivity index (χ1) is 21.9. The van der Waals surface area contributed by atoms with E-state index in [0.29, 0.717) is 24.7 Å². The first-order valence-corrected chi connectivity index (χ1v) is 14.8. The van der Waals surface area contributed by atoms with E-state index in [4.69, 9.17) is 9.47 Å². The lowest BCUT2D eigenvalue weighted by molar-refractivity contribution is -0.452. The highest BCUT2D eigenvalue weighted by Gasteiger charge is 2.14. The van der Waals surface area contributed by atoms with E-state index in [9.17, 15) is 19.2 Å². The molecule has 0 saturated heterocycles. The van der Waals surface area contributed by atoms with Crippen LogP contribution in [0.4, 0.5) is 9.59 Å². The molecule has 2 aromatic carbocycles. The van der Waals surface area contributed by atoms with Crippen molar-refractivity contribution in [1.29, 1.82) is 0 Å². The van der Waals surface area contributed by atoms with E-state index in [0.717, 1.165) is 51.4 Å². The largest absolute Gasteiger partial charge is 0.543 e. The van der Waals surface area contributed by atoms with E-state index >= 15 is 0 Å². The lowest BCUT2D eigenvalue weighted by Gasteiger charge is -2.07. The quantitative estimate of drug-likeness (QED) is 0.0561. The second kappa shape index (κ2) is 22.9. The van der Waals surface area contributed by atoms with E-state index in [-0.39, 0.29) is 30.8 Å². The zero-order chi connectivity index (χ0) is 32.5. The highest BCUT2D eigenvalue weighted by atomic mass is 17.5. The Morgan fingerprint density at radius 3 is 1.24 bits per heavy atom. The van der Waals surface area contributed by atoms with Gasteiger partial charge in [-0.05, 0) is 61.4 Å². The molecular formula is C31H40O14. The summed E-state index contributed by atoms with van der Waals surface area (Å²) in [4.78, 5) is 64.1. The topological polar surface area (TPSA) is 161 Å². The first-order valence-electron chi connectivity index (χ1n) is 14.8. The molecule has 0 atom stereocenters. The van der Waals surface area contributed by atoms with Gasteiger partial charge in [-0.3, -0.25) is 9.78 Å². The molecule has 14 nitrogen and oxygen atoms in total. The van der Waals surface area contributed by atoms with Gasteiger partial charge in [0.05, 0.1) is 47.6 Å². The van der Waals surface area contributed by atoms with Gasteiger partial charge in [0.2, 0.25) is 0 Å². The summed E-state index contributed by atoms with van der Waals surface area (Å²) in [5.74, 6) is -0.609. The van der Waals surface area contributed by atoms with Gasteiger partial charge >= 0.3 is 24.2 Å². The maximum atomic E-state index is 12.0. The van der Waals surface area contributed by atoms with Crippen LogP contribution in [0.5, 0.6) is 11.5 Å². The number of ether oxygens (including phenoxy) is 4. The van der Waals surface area contributed by atoms with Crippen LogP contribution >= 0.6 is 0 Å². The lowest BCUT2D eigenvalue weighted by Crippen LogP contribution is -2.15. The number of carbonyl (C=O) groups is 4. The molecule has 0 aliphatic carbocycles. The molecule has 14 heteroatoms. The number of unbranched alkanes of at least 4 members (excludes halogenated alkanes) is 6. The average molecular weight is 637 g/mol. The molecule has 248 valence electrons. The van der Waals surface area contributed by atoms with Gasteiger partial charge in [0.25, 0.3) is 0 Å². The van der Waals surface area contributed by atoms with Gasteiger partial charge in [0.1, 0.15) is 11.5 Å².